The van der Waals surface area contributed by atoms with Crippen LogP contribution < -0.4 is 0 Å². The van der Waals surface area contributed by atoms with Crippen LogP contribution in [-0.4, -0.2) is 204 Å². The summed E-state index contributed by atoms with van der Waals surface area (Å²) in [6.07, 6.45) is 14.2. The van der Waals surface area contributed by atoms with Gasteiger partial charge in [-0.1, -0.05) is 251 Å². The molecule has 18 atom stereocenters. The normalized spacial score (nSPS) is 27.7. The Hall–Kier alpha value is -2.30. The van der Waals surface area contributed by atoms with E-state index in [1.54, 1.807) is 0 Å². The van der Waals surface area contributed by atoms with E-state index in [1.165, 1.54) is 148 Å². The summed E-state index contributed by atoms with van der Waals surface area (Å²) in [6.45, 7) is 3.44. The lowest BCUT2D eigenvalue weighted by Crippen LogP contribution is -2.69. The first kappa shape index (κ1) is 89.9. The van der Waals surface area contributed by atoms with Gasteiger partial charge in [-0.25, -0.2) is 4.57 Å². The fourth-order valence-corrected chi connectivity index (χ4v) is 13.7. The number of carbonyl (C=O) groups is 3. The van der Waals surface area contributed by atoms with Gasteiger partial charge in [0.1, 0.15) is 98.7 Å². The molecule has 2 saturated heterocycles. The Bertz CT molecular complexity index is 2080. The number of allylic oxidation sites excluding steroid dienone is 2. The number of rotatable bonds is 60. The van der Waals surface area contributed by atoms with Crippen molar-refractivity contribution < 1.29 is 117 Å². The molecule has 3 aliphatic rings. The quantitative estimate of drug-likeness (QED) is 0.00886. The Balaban J connectivity index is 1.73. The van der Waals surface area contributed by atoms with Gasteiger partial charge in [0.2, 0.25) is 0 Å². The van der Waals surface area contributed by atoms with Crippen LogP contribution in [0.4, 0.5) is 0 Å². The summed E-state index contributed by atoms with van der Waals surface area (Å²) in [7, 11) is -5.70. The second kappa shape index (κ2) is 55.2. The fourth-order valence-electron chi connectivity index (χ4n) is 12.8. The fraction of sp³-hybridized carbons (Fsp3) is 0.932. The van der Waals surface area contributed by atoms with E-state index in [9.17, 15) is 74.9 Å². The maximum atomic E-state index is 14.3. The average molecular weight is 1430 g/mol. The van der Waals surface area contributed by atoms with E-state index in [0.717, 1.165) is 96.3 Å². The highest BCUT2D eigenvalue weighted by Crippen LogP contribution is 2.49. The Morgan fingerprint density at radius 1 is 0.388 bits per heavy atom. The highest BCUT2D eigenvalue weighted by Gasteiger charge is 2.58. The number of phosphoric acid groups is 1. The maximum Gasteiger partial charge on any atom is 0.472 e. The van der Waals surface area contributed by atoms with Gasteiger partial charge in [0.05, 0.1) is 13.2 Å². The van der Waals surface area contributed by atoms with Crippen molar-refractivity contribution in [2.24, 2.45) is 0 Å². The lowest BCUT2D eigenvalue weighted by atomic mass is 9.84. The van der Waals surface area contributed by atoms with E-state index in [0.29, 0.717) is 19.3 Å². The molecular weight excluding hydrogens is 1290 g/mol. The van der Waals surface area contributed by atoms with E-state index in [-0.39, 0.29) is 19.3 Å². The summed E-state index contributed by atoms with van der Waals surface area (Å²) < 4.78 is 65.0. The zero-order chi connectivity index (χ0) is 71.8. The lowest BCUT2D eigenvalue weighted by molar-refractivity contribution is -0.360. The summed E-state index contributed by atoms with van der Waals surface area (Å²) in [4.78, 5) is 51.0. The second-order valence-electron chi connectivity index (χ2n) is 27.7. The number of esters is 3. The van der Waals surface area contributed by atoms with E-state index in [1.807, 2.05) is 0 Å². The molecule has 11 N–H and O–H groups in total. The van der Waals surface area contributed by atoms with E-state index in [4.69, 9.17) is 42.2 Å². The van der Waals surface area contributed by atoms with Gasteiger partial charge in [0, 0.05) is 19.3 Å². The van der Waals surface area contributed by atoms with Crippen LogP contribution in [0.25, 0.3) is 0 Å². The van der Waals surface area contributed by atoms with Gasteiger partial charge in [0.25, 0.3) is 0 Å². The number of aliphatic hydroxyl groups is 10. The number of hydrogen-bond acceptors (Lipinski definition) is 23. The minimum absolute atomic E-state index is 0.0281. The van der Waals surface area contributed by atoms with Crippen molar-refractivity contribution in [1.82, 2.24) is 0 Å². The summed E-state index contributed by atoms with van der Waals surface area (Å²) in [6, 6.07) is 0. The smallest absolute Gasteiger partial charge is 0.463 e. The van der Waals surface area contributed by atoms with Crippen molar-refractivity contribution >= 4 is 25.7 Å². The molecule has 0 aromatic rings. The van der Waals surface area contributed by atoms with Gasteiger partial charge >= 0.3 is 25.7 Å². The summed E-state index contributed by atoms with van der Waals surface area (Å²) in [5.74, 6) is -2.00. The van der Waals surface area contributed by atoms with Gasteiger partial charge in [-0.05, 0) is 44.9 Å². The first-order chi connectivity index (χ1) is 47.3. The van der Waals surface area contributed by atoms with Crippen LogP contribution in [0.15, 0.2) is 12.2 Å². The maximum absolute atomic E-state index is 14.3. The van der Waals surface area contributed by atoms with Crippen LogP contribution in [-0.2, 0) is 61.2 Å². The molecule has 0 bridgehead atoms. The SMILES string of the molecule is CCCCCCCCC/C=C\CCCCCC(=O)OCC(COP(=O)(O)OC1C(OC2OC(CO)C(O)C(O)C2O)C(O)C(O)C(O)C1OC1OC(COC(=O)CCCCCCCCCCCCCC)C(O)C(O)C1O)OC(=O)CCCCCCCCCCCCCCCCCCC. The molecule has 0 spiro atoms. The number of carbonyl (C=O) groups excluding carboxylic acids is 3. The zero-order valence-corrected chi connectivity index (χ0v) is 61.0. The van der Waals surface area contributed by atoms with Crippen molar-refractivity contribution in [1.29, 1.82) is 0 Å². The molecule has 2 heterocycles. The summed E-state index contributed by atoms with van der Waals surface area (Å²) in [5.41, 5.74) is 0. The Kier molecular flexibility index (Phi) is 50.7. The Morgan fingerprint density at radius 3 is 1.11 bits per heavy atom. The monoisotopic (exact) mass is 1430 g/mol. The molecule has 0 aromatic carbocycles. The molecule has 0 amide bonds. The third kappa shape index (κ3) is 37.9. The highest BCUT2D eigenvalue weighted by molar-refractivity contribution is 7.47. The van der Waals surface area contributed by atoms with Gasteiger partial charge < -0.3 is 89.1 Å². The molecule has 0 radical (unpaired) electrons. The van der Waals surface area contributed by atoms with Crippen LogP contribution in [0, 0.1) is 0 Å². The van der Waals surface area contributed by atoms with Crippen LogP contribution in [0.1, 0.15) is 303 Å². The summed E-state index contributed by atoms with van der Waals surface area (Å²) >= 11 is 0. The predicted octanol–water partition coefficient (Wildman–Crippen LogP) is 10.7. The predicted molar refractivity (Wildman–Crippen MR) is 370 cm³/mol. The molecule has 18 unspecified atom stereocenters. The Labute approximate surface area is 586 Å². The molecule has 1 saturated carbocycles. The molecule has 24 nitrogen and oxygen atoms in total. The van der Waals surface area contributed by atoms with Crippen molar-refractivity contribution in [2.75, 3.05) is 26.4 Å². The van der Waals surface area contributed by atoms with Crippen LogP contribution in [0.5, 0.6) is 0 Å². The third-order valence-corrected chi connectivity index (χ3v) is 20.0. The molecule has 576 valence electrons. The number of aliphatic hydroxyl groups excluding tert-OH is 10. The topological polar surface area (TPSA) is 374 Å². The number of hydrogen-bond donors (Lipinski definition) is 11. The third-order valence-electron chi connectivity index (χ3n) is 19.0. The molecule has 3 fully saturated rings. The van der Waals surface area contributed by atoms with Gasteiger partial charge in [-0.3, -0.25) is 23.4 Å². The van der Waals surface area contributed by atoms with Crippen LogP contribution >= 0.6 is 7.82 Å². The van der Waals surface area contributed by atoms with Crippen molar-refractivity contribution in [3.63, 3.8) is 0 Å². The first-order valence-electron chi connectivity index (χ1n) is 38.5. The highest BCUT2D eigenvalue weighted by atomic mass is 31.2. The number of unbranched alkanes of at least 4 members (excludes halogenated alkanes) is 37. The molecule has 25 heteroatoms. The first-order valence-corrected chi connectivity index (χ1v) is 40.0. The molecule has 0 aromatic heterocycles. The lowest BCUT2D eigenvalue weighted by Gasteiger charge is -2.49. The molecule has 1 aliphatic carbocycles. The number of phosphoric ester groups is 1. The zero-order valence-electron chi connectivity index (χ0n) is 60.1. The van der Waals surface area contributed by atoms with Crippen molar-refractivity contribution in [3.05, 3.63) is 12.2 Å². The standard InChI is InChI=1S/C73H135O24P/c1-4-7-10-13-16-19-22-25-27-28-29-31-34-37-40-43-46-49-59(77)92-54(51-89-57(75)47-44-41-38-36-33-30-26-23-20-17-14-11-8-5-2)52-91-98(87,88)97-71-69(95-72-67(85)62(80)60(78)55(50-74)93-72)65(83)64(82)66(84)70(71)96-73-68(86)63(81)61(79)56(94-73)53-90-58(76)48-45-42-39-35-32-24-21-18-15-12-9-6-3/h30,33,54-56,60-74,78-86H,4-29,31-32,34-53H2,1-3H3,(H,87,88)/b33-30-. The summed E-state index contributed by atoms with van der Waals surface area (Å²) in [5, 5.41) is 110. The minimum Gasteiger partial charge on any atom is -0.463 e. The number of ether oxygens (including phenoxy) is 7. The van der Waals surface area contributed by atoms with Gasteiger partial charge in [-0.2, -0.15) is 0 Å². The van der Waals surface area contributed by atoms with Crippen LogP contribution in [0.2, 0.25) is 0 Å². The second-order valence-corrected chi connectivity index (χ2v) is 29.1. The van der Waals surface area contributed by atoms with E-state index < -0.39 is 156 Å². The van der Waals surface area contributed by atoms with E-state index >= 15 is 0 Å². The average Bonchev–Trinajstić information content (AvgIpc) is 0.762. The van der Waals surface area contributed by atoms with Crippen molar-refractivity contribution in [3.8, 4) is 0 Å². The molecular formula is C73H135O24P. The van der Waals surface area contributed by atoms with Crippen LogP contribution in [0.3, 0.4) is 0 Å². The van der Waals surface area contributed by atoms with Crippen molar-refractivity contribution in [2.45, 2.75) is 407 Å². The minimum atomic E-state index is -5.70. The van der Waals surface area contributed by atoms with Gasteiger partial charge in [-0.15, -0.1) is 0 Å². The molecule has 98 heavy (non-hydrogen) atoms. The largest absolute Gasteiger partial charge is 0.472 e. The Morgan fingerprint density at radius 2 is 0.714 bits per heavy atom. The molecule has 2 aliphatic heterocycles. The van der Waals surface area contributed by atoms with Gasteiger partial charge in [0.15, 0.2) is 18.7 Å². The molecule has 3 rings (SSSR count). The van der Waals surface area contributed by atoms with E-state index in [2.05, 4.69) is 32.9 Å².